The van der Waals surface area contributed by atoms with Gasteiger partial charge in [0, 0.05) is 11.6 Å². The smallest absolute Gasteiger partial charge is 0.169 e. The molecule has 1 aromatic heterocycles. The van der Waals surface area contributed by atoms with E-state index in [9.17, 15) is 4.39 Å². The van der Waals surface area contributed by atoms with Crippen LogP contribution in [-0.2, 0) is 0 Å². The summed E-state index contributed by atoms with van der Waals surface area (Å²) in [6, 6.07) is 6.02. The molecule has 15 heavy (non-hydrogen) atoms. The highest BCUT2D eigenvalue weighted by Gasteiger charge is 2.08. The fourth-order valence-corrected chi connectivity index (χ4v) is 1.24. The largest absolute Gasteiger partial charge is 0.494 e. The zero-order valence-corrected chi connectivity index (χ0v) is 8.03. The highest BCUT2D eigenvalue weighted by atomic mass is 19.1. The Morgan fingerprint density at radius 1 is 1.40 bits per heavy atom. The van der Waals surface area contributed by atoms with Gasteiger partial charge in [-0.1, -0.05) is 5.16 Å². The molecule has 0 atom stereocenters. The van der Waals surface area contributed by atoms with E-state index < -0.39 is 5.82 Å². The second-order valence-electron chi connectivity index (χ2n) is 2.97. The normalized spacial score (nSPS) is 10.3. The number of nitrogens with zero attached hydrogens (tertiary/aromatic N) is 1. The molecule has 0 saturated heterocycles. The Morgan fingerprint density at radius 2 is 2.20 bits per heavy atom. The van der Waals surface area contributed by atoms with Crippen LogP contribution in [0.3, 0.4) is 0 Å². The minimum Gasteiger partial charge on any atom is -0.494 e. The van der Waals surface area contributed by atoms with E-state index in [1.54, 1.807) is 6.07 Å². The van der Waals surface area contributed by atoms with Crippen LogP contribution in [-0.4, -0.2) is 12.3 Å². The number of aromatic nitrogens is 1. The van der Waals surface area contributed by atoms with Crippen LogP contribution in [0.1, 0.15) is 0 Å². The van der Waals surface area contributed by atoms with Crippen molar-refractivity contribution in [2.45, 2.75) is 0 Å². The van der Waals surface area contributed by atoms with Gasteiger partial charge in [-0.15, -0.1) is 0 Å². The predicted octanol–water partition coefficient (Wildman–Crippen LogP) is 2.07. The minimum atomic E-state index is -0.454. The Bertz CT molecular complexity index is 482. The Hall–Kier alpha value is -2.04. The maximum absolute atomic E-state index is 13.3. The number of methoxy groups -OCH3 is 1. The van der Waals surface area contributed by atoms with Gasteiger partial charge in [-0.25, -0.2) is 4.39 Å². The summed E-state index contributed by atoms with van der Waals surface area (Å²) in [5, 5.41) is 3.51. The number of hydrogen-bond acceptors (Lipinski definition) is 4. The summed E-state index contributed by atoms with van der Waals surface area (Å²) in [6.45, 7) is 0. The molecule has 1 heterocycles. The fourth-order valence-electron chi connectivity index (χ4n) is 1.24. The van der Waals surface area contributed by atoms with Gasteiger partial charge in [0.05, 0.1) is 7.11 Å². The van der Waals surface area contributed by atoms with Crippen molar-refractivity contribution in [3.05, 3.63) is 30.1 Å². The average molecular weight is 208 g/mol. The van der Waals surface area contributed by atoms with Crippen LogP contribution in [0, 0.1) is 5.82 Å². The third-order valence-corrected chi connectivity index (χ3v) is 1.96. The molecule has 0 unspecified atom stereocenters. The van der Waals surface area contributed by atoms with Crippen molar-refractivity contribution in [2.24, 2.45) is 0 Å². The van der Waals surface area contributed by atoms with Gasteiger partial charge in [0.1, 0.15) is 0 Å². The first-order chi connectivity index (χ1) is 7.20. The lowest BCUT2D eigenvalue weighted by Gasteiger charge is -2.02. The first kappa shape index (κ1) is 9.51. The van der Waals surface area contributed by atoms with Gasteiger partial charge in [0.2, 0.25) is 0 Å². The van der Waals surface area contributed by atoms with E-state index in [4.69, 9.17) is 15.0 Å². The minimum absolute atomic E-state index is 0.186. The first-order valence-corrected chi connectivity index (χ1v) is 4.27. The molecule has 0 amide bonds. The number of nitrogen functional groups attached to an aromatic ring is 1. The Morgan fingerprint density at radius 3 is 2.73 bits per heavy atom. The second-order valence-corrected chi connectivity index (χ2v) is 2.97. The highest BCUT2D eigenvalue weighted by Crippen LogP contribution is 2.26. The summed E-state index contributed by atoms with van der Waals surface area (Å²) in [6.07, 6.45) is 0. The number of ether oxygens (including phenoxy) is 1. The second kappa shape index (κ2) is 3.61. The molecule has 0 radical (unpaired) electrons. The maximum atomic E-state index is 13.3. The molecule has 5 heteroatoms. The van der Waals surface area contributed by atoms with Gasteiger partial charge in [-0.05, 0) is 18.2 Å². The van der Waals surface area contributed by atoms with E-state index in [0.29, 0.717) is 11.3 Å². The summed E-state index contributed by atoms with van der Waals surface area (Å²) in [4.78, 5) is 0. The van der Waals surface area contributed by atoms with Gasteiger partial charge < -0.3 is 15.0 Å². The number of benzene rings is 1. The molecular weight excluding hydrogens is 199 g/mol. The number of anilines is 1. The van der Waals surface area contributed by atoms with Crippen molar-refractivity contribution in [1.29, 1.82) is 0 Å². The summed E-state index contributed by atoms with van der Waals surface area (Å²) in [7, 11) is 1.41. The highest BCUT2D eigenvalue weighted by molar-refractivity contribution is 5.61. The Kier molecular flexibility index (Phi) is 2.29. The summed E-state index contributed by atoms with van der Waals surface area (Å²) in [5.74, 6) is 0.423. The average Bonchev–Trinajstić information content (AvgIpc) is 2.65. The molecule has 4 nitrogen and oxygen atoms in total. The van der Waals surface area contributed by atoms with Crippen molar-refractivity contribution >= 4 is 5.82 Å². The Labute approximate surface area is 85.4 Å². The lowest BCUT2D eigenvalue weighted by molar-refractivity contribution is 0.386. The van der Waals surface area contributed by atoms with E-state index >= 15 is 0 Å². The predicted molar refractivity (Wildman–Crippen MR) is 52.9 cm³/mol. The van der Waals surface area contributed by atoms with Crippen LogP contribution in [0.5, 0.6) is 5.75 Å². The van der Waals surface area contributed by atoms with Crippen LogP contribution < -0.4 is 10.5 Å². The SMILES string of the molecule is COc1ccc(-c2cc(N)no2)cc1F. The third kappa shape index (κ3) is 1.76. The van der Waals surface area contributed by atoms with E-state index in [1.807, 2.05) is 0 Å². The Balaban J connectivity index is 2.42. The van der Waals surface area contributed by atoms with Gasteiger partial charge in [0.25, 0.3) is 0 Å². The molecule has 0 aliphatic heterocycles. The van der Waals surface area contributed by atoms with E-state index in [2.05, 4.69) is 5.16 Å². The molecule has 0 aliphatic rings. The van der Waals surface area contributed by atoms with E-state index in [0.717, 1.165) is 0 Å². The van der Waals surface area contributed by atoms with Crippen molar-refractivity contribution in [1.82, 2.24) is 5.16 Å². The van der Waals surface area contributed by atoms with Gasteiger partial charge >= 0.3 is 0 Å². The van der Waals surface area contributed by atoms with Crippen LogP contribution in [0.25, 0.3) is 11.3 Å². The van der Waals surface area contributed by atoms with Crippen LogP contribution in [0.2, 0.25) is 0 Å². The van der Waals surface area contributed by atoms with E-state index in [1.165, 1.54) is 25.3 Å². The molecule has 0 saturated carbocycles. The van der Waals surface area contributed by atoms with Gasteiger partial charge in [-0.2, -0.15) is 0 Å². The topological polar surface area (TPSA) is 61.3 Å². The molecule has 2 N–H and O–H groups in total. The lowest BCUT2D eigenvalue weighted by Crippen LogP contribution is -1.87. The number of rotatable bonds is 2. The van der Waals surface area contributed by atoms with Crippen molar-refractivity contribution in [2.75, 3.05) is 12.8 Å². The summed E-state index contributed by atoms with van der Waals surface area (Å²) >= 11 is 0. The van der Waals surface area contributed by atoms with Crippen LogP contribution in [0.4, 0.5) is 10.2 Å². The summed E-state index contributed by atoms with van der Waals surface area (Å²) < 4.78 is 23.0. The van der Waals surface area contributed by atoms with Crippen LogP contribution in [0.15, 0.2) is 28.8 Å². The van der Waals surface area contributed by atoms with Crippen molar-refractivity contribution in [3.63, 3.8) is 0 Å². The molecule has 0 spiro atoms. The molecule has 2 aromatic rings. The molecule has 0 bridgehead atoms. The third-order valence-electron chi connectivity index (χ3n) is 1.96. The maximum Gasteiger partial charge on any atom is 0.169 e. The fraction of sp³-hybridized carbons (Fsp3) is 0.100. The van der Waals surface area contributed by atoms with Crippen LogP contribution >= 0.6 is 0 Å². The quantitative estimate of drug-likeness (QED) is 0.820. The summed E-state index contributed by atoms with van der Waals surface area (Å²) in [5.41, 5.74) is 5.95. The zero-order chi connectivity index (χ0) is 10.8. The molecule has 2 rings (SSSR count). The zero-order valence-electron chi connectivity index (χ0n) is 8.03. The van der Waals surface area contributed by atoms with Crippen molar-refractivity contribution in [3.8, 4) is 17.1 Å². The molecule has 78 valence electrons. The van der Waals surface area contributed by atoms with Gasteiger partial charge in [0.15, 0.2) is 23.1 Å². The van der Waals surface area contributed by atoms with Gasteiger partial charge in [-0.3, -0.25) is 0 Å². The lowest BCUT2D eigenvalue weighted by atomic mass is 10.1. The standard InChI is InChI=1S/C10H9FN2O2/c1-14-8-3-2-6(4-7(8)11)9-5-10(12)13-15-9/h2-5H,1H3,(H2,12,13). The monoisotopic (exact) mass is 208 g/mol. The first-order valence-electron chi connectivity index (χ1n) is 4.27. The number of nitrogens with two attached hydrogens (primary N) is 1. The molecule has 1 aromatic carbocycles. The molecular formula is C10H9FN2O2. The number of hydrogen-bond donors (Lipinski definition) is 1. The number of halogens is 1. The molecule has 0 aliphatic carbocycles. The van der Waals surface area contributed by atoms with E-state index in [-0.39, 0.29) is 11.6 Å². The molecule has 0 fully saturated rings. The van der Waals surface area contributed by atoms with Crippen molar-refractivity contribution < 1.29 is 13.7 Å².